The highest BCUT2D eigenvalue weighted by Crippen LogP contribution is 2.38. The van der Waals surface area contributed by atoms with E-state index in [0.29, 0.717) is 0 Å². The molecule has 0 amide bonds. The zero-order valence-corrected chi connectivity index (χ0v) is 15.3. The van der Waals surface area contributed by atoms with Crippen molar-refractivity contribution >= 4 is 17.2 Å². The number of aryl methyl sites for hydroxylation is 2. The van der Waals surface area contributed by atoms with E-state index < -0.39 is 0 Å². The second-order valence-electron chi connectivity index (χ2n) is 6.96. The molecule has 1 aliphatic heterocycles. The monoisotopic (exact) mass is 354 g/mol. The van der Waals surface area contributed by atoms with Gasteiger partial charge in [-0.3, -0.25) is 9.88 Å². The third-order valence-corrected chi connectivity index (χ3v) is 5.65. The van der Waals surface area contributed by atoms with E-state index in [2.05, 4.69) is 23.1 Å². The predicted octanol–water partition coefficient (Wildman–Crippen LogP) is 4.07. The fourth-order valence-corrected chi connectivity index (χ4v) is 4.25. The molecular weight excluding hydrogens is 332 g/mol. The van der Waals surface area contributed by atoms with Crippen molar-refractivity contribution in [2.24, 2.45) is 0 Å². The van der Waals surface area contributed by atoms with Crippen LogP contribution in [-0.4, -0.2) is 34.3 Å². The molecule has 130 valence electrons. The number of hydrogen-bond donors (Lipinski definition) is 1. The van der Waals surface area contributed by atoms with Crippen LogP contribution in [0.25, 0.3) is 5.57 Å². The van der Waals surface area contributed by atoms with Crippen molar-refractivity contribution in [3.05, 3.63) is 69.5 Å². The summed E-state index contributed by atoms with van der Waals surface area (Å²) in [5.41, 5.74) is 7.78. The summed E-state index contributed by atoms with van der Waals surface area (Å²) in [5.74, 6) is 0. The van der Waals surface area contributed by atoms with Gasteiger partial charge in [-0.2, -0.15) is 0 Å². The number of aliphatic hydroxyl groups is 1. The SMILES string of the molecule is CC(O)N1CCC(=C2c3ccc(Cl)cc3CCc3cccnc32)CC1. The maximum absolute atomic E-state index is 9.85. The third-order valence-electron chi connectivity index (χ3n) is 5.41. The Morgan fingerprint density at radius 2 is 1.84 bits per heavy atom. The van der Waals surface area contributed by atoms with Gasteiger partial charge in [-0.25, -0.2) is 0 Å². The zero-order valence-electron chi connectivity index (χ0n) is 14.5. The number of aromatic nitrogens is 1. The molecule has 2 heterocycles. The van der Waals surface area contributed by atoms with E-state index in [9.17, 15) is 5.11 Å². The molecule has 1 aromatic heterocycles. The Hall–Kier alpha value is -1.68. The second-order valence-corrected chi connectivity index (χ2v) is 7.40. The molecule has 0 bridgehead atoms. The molecule has 1 aromatic carbocycles. The predicted molar refractivity (Wildman–Crippen MR) is 102 cm³/mol. The number of fused-ring (bicyclic) bond motifs is 2. The fraction of sp³-hybridized carbons (Fsp3) is 0.381. The maximum atomic E-state index is 9.85. The lowest BCUT2D eigenvalue weighted by Gasteiger charge is -2.32. The van der Waals surface area contributed by atoms with Crippen molar-refractivity contribution in [1.82, 2.24) is 9.88 Å². The number of pyridine rings is 1. The van der Waals surface area contributed by atoms with Crippen LogP contribution < -0.4 is 0 Å². The van der Waals surface area contributed by atoms with Crippen LogP contribution >= 0.6 is 11.6 Å². The maximum Gasteiger partial charge on any atom is 0.104 e. The van der Waals surface area contributed by atoms with E-state index >= 15 is 0 Å². The first kappa shape index (κ1) is 16.8. The summed E-state index contributed by atoms with van der Waals surface area (Å²) >= 11 is 6.26. The molecule has 4 heteroatoms. The molecule has 1 saturated heterocycles. The number of piperidine rings is 1. The second kappa shape index (κ2) is 6.91. The minimum Gasteiger partial charge on any atom is -0.379 e. The number of aliphatic hydroxyl groups excluding tert-OH is 1. The largest absolute Gasteiger partial charge is 0.379 e. The molecule has 3 nitrogen and oxygen atoms in total. The summed E-state index contributed by atoms with van der Waals surface area (Å²) in [5, 5.41) is 10.6. The van der Waals surface area contributed by atoms with Gasteiger partial charge in [0, 0.05) is 29.9 Å². The van der Waals surface area contributed by atoms with Gasteiger partial charge in [0.25, 0.3) is 0 Å². The molecule has 0 spiro atoms. The van der Waals surface area contributed by atoms with Crippen molar-refractivity contribution in [2.45, 2.75) is 38.8 Å². The number of benzene rings is 1. The molecule has 1 atom stereocenters. The van der Waals surface area contributed by atoms with Crippen molar-refractivity contribution < 1.29 is 5.11 Å². The van der Waals surface area contributed by atoms with E-state index in [1.54, 1.807) is 0 Å². The molecule has 1 fully saturated rings. The van der Waals surface area contributed by atoms with Crippen LogP contribution in [0.3, 0.4) is 0 Å². The number of hydrogen-bond acceptors (Lipinski definition) is 3. The van der Waals surface area contributed by atoms with Crippen molar-refractivity contribution in [3.63, 3.8) is 0 Å². The van der Waals surface area contributed by atoms with Crippen LogP contribution in [0, 0.1) is 0 Å². The molecule has 4 rings (SSSR count). The topological polar surface area (TPSA) is 36.4 Å². The first-order chi connectivity index (χ1) is 12.1. The van der Waals surface area contributed by atoms with Crippen LogP contribution in [-0.2, 0) is 12.8 Å². The van der Waals surface area contributed by atoms with Gasteiger partial charge < -0.3 is 5.11 Å². The summed E-state index contributed by atoms with van der Waals surface area (Å²) in [6.07, 6.45) is 5.44. The molecule has 25 heavy (non-hydrogen) atoms. The number of rotatable bonds is 1. The first-order valence-electron chi connectivity index (χ1n) is 9.00. The zero-order chi connectivity index (χ0) is 17.4. The Balaban J connectivity index is 1.85. The summed E-state index contributed by atoms with van der Waals surface area (Å²) in [6.45, 7) is 3.63. The van der Waals surface area contributed by atoms with Gasteiger partial charge in [0.2, 0.25) is 0 Å². The normalized spacial score (nSPS) is 19.2. The summed E-state index contributed by atoms with van der Waals surface area (Å²) in [6, 6.07) is 10.5. The van der Waals surface area contributed by atoms with E-state index in [4.69, 9.17) is 16.6 Å². The number of likely N-dealkylation sites (tertiary alicyclic amines) is 1. The third kappa shape index (κ3) is 3.24. The van der Waals surface area contributed by atoms with Crippen LogP contribution in [0.1, 0.15) is 42.1 Å². The van der Waals surface area contributed by atoms with Crippen molar-refractivity contribution in [2.75, 3.05) is 13.1 Å². The van der Waals surface area contributed by atoms with Gasteiger partial charge in [0.05, 0.1) is 5.69 Å². The first-order valence-corrected chi connectivity index (χ1v) is 9.38. The van der Waals surface area contributed by atoms with Gasteiger partial charge in [-0.15, -0.1) is 0 Å². The minimum absolute atomic E-state index is 0.378. The van der Waals surface area contributed by atoms with Crippen molar-refractivity contribution in [1.29, 1.82) is 0 Å². The highest BCUT2D eigenvalue weighted by Gasteiger charge is 2.25. The van der Waals surface area contributed by atoms with Gasteiger partial charge in [0.1, 0.15) is 6.23 Å². The number of halogens is 1. The molecule has 2 aromatic rings. The Labute approximate surface area is 154 Å². The lowest BCUT2D eigenvalue weighted by molar-refractivity contribution is 0.0138. The Kier molecular flexibility index (Phi) is 4.63. The highest BCUT2D eigenvalue weighted by atomic mass is 35.5. The number of nitrogens with zero attached hydrogens (tertiary/aromatic N) is 2. The van der Waals surface area contributed by atoms with Gasteiger partial charge in [-0.1, -0.05) is 29.3 Å². The lowest BCUT2D eigenvalue weighted by Crippen LogP contribution is -2.38. The van der Waals surface area contributed by atoms with Crippen LogP contribution in [0.2, 0.25) is 5.02 Å². The summed E-state index contributed by atoms with van der Waals surface area (Å²) in [7, 11) is 0. The quantitative estimate of drug-likeness (QED) is 0.838. The molecule has 2 aliphatic rings. The van der Waals surface area contributed by atoms with Crippen molar-refractivity contribution in [3.8, 4) is 0 Å². The lowest BCUT2D eigenvalue weighted by atomic mass is 9.88. The van der Waals surface area contributed by atoms with Gasteiger partial charge in [0.15, 0.2) is 0 Å². The van der Waals surface area contributed by atoms with Gasteiger partial charge >= 0.3 is 0 Å². The fourth-order valence-electron chi connectivity index (χ4n) is 4.05. The average molecular weight is 355 g/mol. The molecule has 1 aliphatic carbocycles. The van der Waals surface area contributed by atoms with Crippen LogP contribution in [0.4, 0.5) is 0 Å². The minimum atomic E-state index is -0.378. The van der Waals surface area contributed by atoms with E-state index in [1.807, 2.05) is 25.3 Å². The van der Waals surface area contributed by atoms with Crippen LogP contribution in [0.5, 0.6) is 0 Å². The summed E-state index contributed by atoms with van der Waals surface area (Å²) < 4.78 is 0. The highest BCUT2D eigenvalue weighted by molar-refractivity contribution is 6.30. The summed E-state index contributed by atoms with van der Waals surface area (Å²) in [4.78, 5) is 6.89. The van der Waals surface area contributed by atoms with E-state index in [0.717, 1.165) is 49.5 Å². The Morgan fingerprint density at radius 1 is 1.08 bits per heavy atom. The van der Waals surface area contributed by atoms with Gasteiger partial charge in [-0.05, 0) is 67.5 Å². The standard InChI is InChI=1S/C21H23ClN2O/c1-14(25)24-11-8-15(9-12-24)20-19-7-6-18(22)13-17(19)5-4-16-3-2-10-23-21(16)20/h2-3,6-7,10,13-14,25H,4-5,8-9,11-12H2,1H3. The Bertz CT molecular complexity index is 818. The smallest absolute Gasteiger partial charge is 0.104 e. The molecular formula is C21H23ClN2O. The van der Waals surface area contributed by atoms with E-state index in [-0.39, 0.29) is 6.23 Å². The molecule has 0 saturated carbocycles. The van der Waals surface area contributed by atoms with Crippen LogP contribution in [0.15, 0.2) is 42.1 Å². The average Bonchev–Trinajstić information content (AvgIpc) is 2.78. The molecule has 1 unspecified atom stereocenters. The Morgan fingerprint density at radius 3 is 2.60 bits per heavy atom. The molecule has 0 radical (unpaired) electrons. The van der Waals surface area contributed by atoms with E-state index in [1.165, 1.54) is 27.8 Å². The molecule has 1 N–H and O–H groups in total.